The summed E-state index contributed by atoms with van der Waals surface area (Å²) in [5.41, 5.74) is 0.270. The van der Waals surface area contributed by atoms with Crippen LogP contribution in [0.2, 0.25) is 0 Å². The first-order valence-corrected chi connectivity index (χ1v) is 15.3. The van der Waals surface area contributed by atoms with Crippen molar-refractivity contribution in [3.63, 3.8) is 0 Å². The first-order chi connectivity index (χ1) is 19.2. The van der Waals surface area contributed by atoms with Crippen LogP contribution >= 0.6 is 30.1 Å². The summed E-state index contributed by atoms with van der Waals surface area (Å²) in [5, 5.41) is 10.8. The van der Waals surface area contributed by atoms with Gasteiger partial charge < -0.3 is 28.4 Å². The van der Waals surface area contributed by atoms with Crippen LogP contribution in [0.1, 0.15) is 29.3 Å². The SMILES string of the molecule is CC(=O)OC1CC(Oc2ccc(COC(=O)Oc3ccc([N+](=O)[O-])cc3)cc2C(=O)OCCSI)OC2C(=O)C12. The van der Waals surface area contributed by atoms with Crippen molar-refractivity contribution in [2.24, 2.45) is 5.92 Å². The van der Waals surface area contributed by atoms with Gasteiger partial charge in [0.1, 0.15) is 42.5 Å². The first kappa shape index (κ1) is 29.5. The zero-order valence-electron chi connectivity index (χ0n) is 20.8. The van der Waals surface area contributed by atoms with Crippen molar-refractivity contribution in [3.05, 3.63) is 63.7 Å². The van der Waals surface area contributed by atoms with Gasteiger partial charge in [-0.15, -0.1) is 0 Å². The van der Waals surface area contributed by atoms with Crippen molar-refractivity contribution in [3.8, 4) is 11.5 Å². The molecule has 15 heteroatoms. The van der Waals surface area contributed by atoms with E-state index < -0.39 is 47.4 Å². The molecule has 0 aromatic heterocycles. The van der Waals surface area contributed by atoms with Crippen molar-refractivity contribution < 1.29 is 52.5 Å². The number of fused-ring (bicyclic) bond motifs is 1. The van der Waals surface area contributed by atoms with Crippen molar-refractivity contribution in [2.45, 2.75) is 38.4 Å². The Morgan fingerprint density at radius 3 is 2.58 bits per heavy atom. The highest BCUT2D eigenvalue weighted by molar-refractivity contribution is 14.2. The fourth-order valence-electron chi connectivity index (χ4n) is 3.95. The number of hydrogen-bond donors (Lipinski definition) is 0. The quantitative estimate of drug-likeness (QED) is 0.0629. The lowest BCUT2D eigenvalue weighted by Crippen LogP contribution is -2.36. The van der Waals surface area contributed by atoms with Gasteiger partial charge in [0, 0.05) is 31.2 Å². The molecule has 0 bridgehead atoms. The molecule has 4 atom stereocenters. The van der Waals surface area contributed by atoms with Crippen molar-refractivity contribution in [1.29, 1.82) is 0 Å². The number of nitrogens with zero attached hydrogens (tertiary/aromatic N) is 1. The standard InChI is InChI=1S/C25H22INO12S/c1-13(28)36-19-11-20(39-23-21(19)22(23)29)38-18-7-2-14(10-17(18)24(30)34-8-9-40-26)12-35-25(31)37-16-5-3-15(4-6-16)27(32)33/h2-7,10,19-21,23H,8-9,11-12H2,1H3. The number of hydrogen-bond acceptors (Lipinski definition) is 13. The number of esters is 2. The first-order valence-electron chi connectivity index (χ1n) is 11.8. The number of carbonyl (C=O) groups is 4. The van der Waals surface area contributed by atoms with Gasteiger partial charge in [-0.05, 0) is 51.0 Å². The van der Waals surface area contributed by atoms with Crippen LogP contribution in [0.5, 0.6) is 11.5 Å². The molecule has 0 spiro atoms. The third-order valence-corrected chi connectivity index (χ3v) is 7.43. The van der Waals surface area contributed by atoms with Gasteiger partial charge in [-0.3, -0.25) is 19.7 Å². The maximum absolute atomic E-state index is 12.9. The zero-order valence-corrected chi connectivity index (χ0v) is 23.8. The van der Waals surface area contributed by atoms with E-state index in [0.717, 1.165) is 0 Å². The Balaban J connectivity index is 1.43. The Kier molecular flexibility index (Phi) is 9.80. The van der Waals surface area contributed by atoms with Gasteiger partial charge in [-0.1, -0.05) is 15.0 Å². The number of ketones is 1. The minimum atomic E-state index is -1.06. The molecule has 40 heavy (non-hydrogen) atoms. The van der Waals surface area contributed by atoms with Crippen LogP contribution in [0.3, 0.4) is 0 Å². The molecule has 0 radical (unpaired) electrons. The van der Waals surface area contributed by atoms with E-state index in [1.807, 2.05) is 0 Å². The molecular weight excluding hydrogens is 665 g/mol. The van der Waals surface area contributed by atoms with E-state index in [-0.39, 0.29) is 48.2 Å². The Morgan fingerprint density at radius 2 is 1.90 bits per heavy atom. The summed E-state index contributed by atoms with van der Waals surface area (Å²) in [6.45, 7) is 1.11. The second kappa shape index (κ2) is 13.3. The van der Waals surface area contributed by atoms with E-state index in [2.05, 4.69) is 21.2 Å². The number of nitro benzene ring substituents is 1. The smallest absolute Gasteiger partial charge is 0.464 e. The average molecular weight is 687 g/mol. The van der Waals surface area contributed by atoms with Gasteiger partial charge in [-0.2, -0.15) is 0 Å². The molecule has 2 aromatic carbocycles. The van der Waals surface area contributed by atoms with Crippen LogP contribution in [-0.2, 0) is 35.1 Å². The van der Waals surface area contributed by atoms with Crippen LogP contribution in [-0.4, -0.2) is 59.7 Å². The van der Waals surface area contributed by atoms with Crippen molar-refractivity contribution >= 4 is 59.7 Å². The Labute approximate surface area is 243 Å². The van der Waals surface area contributed by atoms with Crippen LogP contribution in [0.25, 0.3) is 0 Å². The molecule has 2 aliphatic rings. The second-order valence-corrected chi connectivity index (χ2v) is 11.1. The number of non-ortho nitro benzene ring substituents is 1. The van der Waals surface area contributed by atoms with Gasteiger partial charge in [0.15, 0.2) is 5.78 Å². The maximum atomic E-state index is 12.9. The van der Waals surface area contributed by atoms with E-state index in [4.69, 9.17) is 28.4 Å². The van der Waals surface area contributed by atoms with Gasteiger partial charge >= 0.3 is 18.1 Å². The normalized spacial score (nSPS) is 21.0. The molecule has 1 aliphatic carbocycles. The molecule has 0 amide bonds. The number of carbonyl (C=O) groups excluding carboxylic acids is 4. The van der Waals surface area contributed by atoms with Gasteiger partial charge in [0.25, 0.3) is 5.69 Å². The number of nitro groups is 1. The highest BCUT2D eigenvalue weighted by Crippen LogP contribution is 2.42. The van der Waals surface area contributed by atoms with Crippen molar-refractivity contribution in [2.75, 3.05) is 12.4 Å². The lowest BCUT2D eigenvalue weighted by molar-refractivity contribution is -0.384. The fraction of sp³-hybridized carbons (Fsp3) is 0.360. The molecule has 1 heterocycles. The largest absolute Gasteiger partial charge is 0.514 e. The number of benzene rings is 2. The van der Waals surface area contributed by atoms with Gasteiger partial charge in [0.05, 0.1) is 10.8 Å². The summed E-state index contributed by atoms with van der Waals surface area (Å²) in [7, 11) is 1.46. The molecule has 13 nitrogen and oxygen atoms in total. The van der Waals surface area contributed by atoms with E-state index in [0.29, 0.717) is 11.3 Å². The highest BCUT2D eigenvalue weighted by Gasteiger charge is 2.61. The summed E-state index contributed by atoms with van der Waals surface area (Å²) in [5.74, 6) is -1.22. The van der Waals surface area contributed by atoms with E-state index in [1.165, 1.54) is 52.3 Å². The minimum Gasteiger partial charge on any atom is -0.464 e. The lowest BCUT2D eigenvalue weighted by atomic mass is 10.1. The van der Waals surface area contributed by atoms with E-state index >= 15 is 0 Å². The summed E-state index contributed by atoms with van der Waals surface area (Å²) < 4.78 is 32.3. The highest BCUT2D eigenvalue weighted by atomic mass is 127. The third-order valence-electron chi connectivity index (χ3n) is 5.79. The molecule has 4 rings (SSSR count). The molecule has 4 unspecified atom stereocenters. The van der Waals surface area contributed by atoms with Crippen LogP contribution in [0.15, 0.2) is 42.5 Å². The molecule has 1 aliphatic heterocycles. The lowest BCUT2D eigenvalue weighted by Gasteiger charge is -2.28. The molecule has 1 saturated heterocycles. The summed E-state index contributed by atoms with van der Waals surface area (Å²) in [4.78, 5) is 58.6. The monoisotopic (exact) mass is 687 g/mol. The Hall–Kier alpha value is -3.44. The predicted molar refractivity (Wildman–Crippen MR) is 145 cm³/mol. The second-order valence-electron chi connectivity index (χ2n) is 8.59. The topological polar surface area (TPSA) is 167 Å². The molecule has 0 N–H and O–H groups in total. The number of rotatable bonds is 11. The Bertz CT molecular complexity index is 1300. The van der Waals surface area contributed by atoms with E-state index in [9.17, 15) is 29.3 Å². The van der Waals surface area contributed by atoms with E-state index in [1.54, 1.807) is 6.07 Å². The minimum absolute atomic E-state index is 0.0279. The maximum Gasteiger partial charge on any atom is 0.514 e. The number of Topliss-reactive ketones (excluding diaryl/α,β-unsaturated/α-hetero) is 1. The van der Waals surface area contributed by atoms with Crippen LogP contribution < -0.4 is 9.47 Å². The molecule has 2 fully saturated rings. The predicted octanol–water partition coefficient (Wildman–Crippen LogP) is 4.17. The number of halogens is 1. The summed E-state index contributed by atoms with van der Waals surface area (Å²) >= 11 is 2.07. The summed E-state index contributed by atoms with van der Waals surface area (Å²) in [6, 6.07) is 9.30. The molecular formula is C25H22INO12S. The zero-order chi connectivity index (χ0) is 28.8. The third kappa shape index (κ3) is 7.60. The van der Waals surface area contributed by atoms with Gasteiger partial charge in [0.2, 0.25) is 6.29 Å². The summed E-state index contributed by atoms with van der Waals surface area (Å²) in [6.07, 6.45) is -3.38. The van der Waals surface area contributed by atoms with Gasteiger partial charge in [-0.25, -0.2) is 9.59 Å². The fourth-order valence-corrected chi connectivity index (χ4v) is 4.63. The average Bonchev–Trinajstić information content (AvgIpc) is 3.57. The van der Waals surface area contributed by atoms with Crippen LogP contribution in [0, 0.1) is 16.0 Å². The Morgan fingerprint density at radius 1 is 1.15 bits per heavy atom. The number of ether oxygens (including phenoxy) is 6. The van der Waals surface area contributed by atoms with Crippen LogP contribution in [0.4, 0.5) is 10.5 Å². The van der Waals surface area contributed by atoms with Crippen molar-refractivity contribution in [1.82, 2.24) is 0 Å². The molecule has 212 valence electrons. The molecule has 1 saturated carbocycles. The molecule has 2 aromatic rings.